The predicted molar refractivity (Wildman–Crippen MR) is 118 cm³/mol. The number of hydrogen-bond donors (Lipinski definition) is 1. The highest BCUT2D eigenvalue weighted by Gasteiger charge is 2.10. The fourth-order valence-electron chi connectivity index (χ4n) is 3.49. The molecular formula is C24H47NO2. The van der Waals surface area contributed by atoms with Gasteiger partial charge in [0.15, 0.2) is 0 Å². The van der Waals surface area contributed by atoms with Crippen molar-refractivity contribution in [2.75, 3.05) is 6.61 Å². The van der Waals surface area contributed by atoms with Crippen LogP contribution in [0.2, 0.25) is 0 Å². The average Bonchev–Trinajstić information content (AvgIpc) is 2.64. The van der Waals surface area contributed by atoms with E-state index in [0.29, 0.717) is 24.3 Å². The molecule has 0 aliphatic carbocycles. The van der Waals surface area contributed by atoms with Gasteiger partial charge in [0.1, 0.15) is 0 Å². The van der Waals surface area contributed by atoms with Crippen molar-refractivity contribution in [3.8, 4) is 0 Å². The maximum Gasteiger partial charge on any atom is 0.335 e. The Bertz CT molecular complexity index is 373. The third-order valence-electron chi connectivity index (χ3n) is 5.31. The Labute approximate surface area is 169 Å². The molecule has 0 aromatic carbocycles. The lowest BCUT2D eigenvalue weighted by atomic mass is 10.0. The van der Waals surface area contributed by atoms with Gasteiger partial charge >= 0.3 is 5.97 Å². The molecule has 0 fully saturated rings. The molecule has 0 amide bonds. The lowest BCUT2D eigenvalue weighted by Gasteiger charge is -2.08. The molecule has 0 saturated heterocycles. The molecule has 2 N–H and O–H groups in total. The van der Waals surface area contributed by atoms with Crippen LogP contribution in [-0.4, -0.2) is 12.6 Å². The lowest BCUT2D eigenvalue weighted by Crippen LogP contribution is -2.13. The van der Waals surface area contributed by atoms with Crippen LogP contribution in [0.3, 0.4) is 0 Å². The monoisotopic (exact) mass is 381 g/mol. The summed E-state index contributed by atoms with van der Waals surface area (Å²) in [5.41, 5.74) is 6.89. The number of allylic oxidation sites excluding steroid dienone is 1. The van der Waals surface area contributed by atoms with E-state index >= 15 is 0 Å². The minimum absolute atomic E-state index is 0.238. The van der Waals surface area contributed by atoms with Crippen molar-refractivity contribution in [1.29, 1.82) is 0 Å². The third kappa shape index (κ3) is 16.9. The van der Waals surface area contributed by atoms with E-state index in [2.05, 4.69) is 6.92 Å². The van der Waals surface area contributed by atoms with Crippen LogP contribution in [0, 0.1) is 0 Å². The normalized spacial score (nSPS) is 12.1. The van der Waals surface area contributed by atoms with Crippen molar-refractivity contribution in [3.63, 3.8) is 0 Å². The Balaban J connectivity index is 3.26. The first-order valence-corrected chi connectivity index (χ1v) is 11.8. The van der Waals surface area contributed by atoms with Gasteiger partial charge in [-0.3, -0.25) is 0 Å². The lowest BCUT2D eigenvalue weighted by molar-refractivity contribution is -0.139. The zero-order chi connectivity index (χ0) is 20.2. The van der Waals surface area contributed by atoms with Crippen molar-refractivity contribution < 1.29 is 9.53 Å². The van der Waals surface area contributed by atoms with Gasteiger partial charge in [-0.1, -0.05) is 110 Å². The van der Waals surface area contributed by atoms with E-state index in [1.807, 2.05) is 6.92 Å². The first-order chi connectivity index (χ1) is 13.1. The number of unbranched alkanes of at least 4 members (excludes halogenated alkanes) is 15. The maximum absolute atomic E-state index is 11.8. The summed E-state index contributed by atoms with van der Waals surface area (Å²) in [7, 11) is 0. The molecular weight excluding hydrogens is 334 g/mol. The molecule has 0 aliphatic heterocycles. The van der Waals surface area contributed by atoms with E-state index in [1.165, 1.54) is 89.9 Å². The first-order valence-electron chi connectivity index (χ1n) is 11.8. The molecule has 0 atom stereocenters. The third-order valence-corrected chi connectivity index (χ3v) is 5.31. The topological polar surface area (TPSA) is 52.3 Å². The molecule has 0 spiro atoms. The molecule has 0 unspecified atom stereocenters. The zero-order valence-corrected chi connectivity index (χ0v) is 18.6. The van der Waals surface area contributed by atoms with Gasteiger partial charge in [0.2, 0.25) is 0 Å². The molecule has 0 aliphatic rings. The first kappa shape index (κ1) is 26.0. The van der Waals surface area contributed by atoms with E-state index < -0.39 is 0 Å². The van der Waals surface area contributed by atoms with Crippen LogP contribution in [-0.2, 0) is 9.53 Å². The Morgan fingerprint density at radius 1 is 0.667 bits per heavy atom. The van der Waals surface area contributed by atoms with Crippen molar-refractivity contribution in [2.45, 2.75) is 130 Å². The molecule has 0 heterocycles. The number of nitrogens with two attached hydrogens (primary N) is 1. The molecule has 0 aromatic rings. The van der Waals surface area contributed by atoms with E-state index in [9.17, 15) is 4.79 Å². The highest BCUT2D eigenvalue weighted by molar-refractivity contribution is 5.88. The second-order valence-corrected chi connectivity index (χ2v) is 7.95. The van der Waals surface area contributed by atoms with E-state index in [0.717, 1.165) is 12.8 Å². The van der Waals surface area contributed by atoms with Gasteiger partial charge in [0.05, 0.1) is 12.2 Å². The molecule has 3 heteroatoms. The van der Waals surface area contributed by atoms with Crippen LogP contribution in [0.1, 0.15) is 130 Å². The van der Waals surface area contributed by atoms with Crippen LogP contribution < -0.4 is 5.73 Å². The minimum Gasteiger partial charge on any atom is -0.462 e. The summed E-state index contributed by atoms with van der Waals surface area (Å²) in [6, 6.07) is 0. The fourth-order valence-corrected chi connectivity index (χ4v) is 3.49. The van der Waals surface area contributed by atoms with Crippen LogP contribution >= 0.6 is 0 Å². The van der Waals surface area contributed by atoms with Crippen LogP contribution in [0.15, 0.2) is 11.3 Å². The van der Waals surface area contributed by atoms with Crippen molar-refractivity contribution in [3.05, 3.63) is 11.3 Å². The molecule has 0 aromatic heterocycles. The van der Waals surface area contributed by atoms with Crippen LogP contribution in [0.4, 0.5) is 0 Å². The number of esters is 1. The molecule has 0 saturated carbocycles. The Kier molecular flexibility index (Phi) is 19.0. The summed E-state index contributed by atoms with van der Waals surface area (Å²) in [6.45, 7) is 6.49. The quantitative estimate of drug-likeness (QED) is 0.144. The molecule has 3 nitrogen and oxygen atoms in total. The van der Waals surface area contributed by atoms with Gasteiger partial charge in [0.25, 0.3) is 0 Å². The summed E-state index contributed by atoms with van der Waals surface area (Å²) in [6.07, 6.45) is 22.2. The Morgan fingerprint density at radius 3 is 1.37 bits per heavy atom. The average molecular weight is 382 g/mol. The van der Waals surface area contributed by atoms with Gasteiger partial charge in [-0.2, -0.15) is 0 Å². The molecule has 0 radical (unpaired) electrons. The summed E-state index contributed by atoms with van der Waals surface area (Å²) in [5, 5.41) is 0. The van der Waals surface area contributed by atoms with Gasteiger partial charge in [-0.05, 0) is 19.8 Å². The van der Waals surface area contributed by atoms with E-state index in [4.69, 9.17) is 10.5 Å². The largest absolute Gasteiger partial charge is 0.462 e. The van der Waals surface area contributed by atoms with Gasteiger partial charge < -0.3 is 10.5 Å². The number of carbonyl (C=O) groups is 1. The summed E-state index contributed by atoms with van der Waals surface area (Å²) < 4.78 is 5.30. The summed E-state index contributed by atoms with van der Waals surface area (Å²) >= 11 is 0. The number of carbonyl (C=O) groups excluding carboxylic acids is 1. The van der Waals surface area contributed by atoms with Crippen molar-refractivity contribution >= 4 is 5.97 Å². The molecule has 27 heavy (non-hydrogen) atoms. The predicted octanol–water partition coefficient (Wildman–Crippen LogP) is 7.43. The molecule has 0 rings (SSSR count). The number of hydrogen-bond acceptors (Lipinski definition) is 3. The number of rotatable bonds is 19. The minimum atomic E-state index is -0.238. The van der Waals surface area contributed by atoms with Crippen LogP contribution in [0.5, 0.6) is 0 Å². The van der Waals surface area contributed by atoms with Gasteiger partial charge in [-0.15, -0.1) is 0 Å². The van der Waals surface area contributed by atoms with E-state index in [1.54, 1.807) is 6.92 Å². The van der Waals surface area contributed by atoms with Crippen LogP contribution in [0.25, 0.3) is 0 Å². The molecule has 160 valence electrons. The second kappa shape index (κ2) is 19.8. The smallest absolute Gasteiger partial charge is 0.335 e. The Hall–Kier alpha value is -0.990. The standard InChI is InChI=1S/C24H47NO2/c1-4-6-7-8-9-10-11-12-13-14-15-16-17-18-19-20-21-27-24(26)23(5-2)22(3)25/h4-21,25H2,1-3H3/b23-22+. The second-order valence-electron chi connectivity index (χ2n) is 7.95. The van der Waals surface area contributed by atoms with Crippen molar-refractivity contribution in [2.24, 2.45) is 5.73 Å². The molecule has 0 bridgehead atoms. The van der Waals surface area contributed by atoms with E-state index in [-0.39, 0.29) is 5.97 Å². The highest BCUT2D eigenvalue weighted by atomic mass is 16.5. The number of ether oxygens (including phenoxy) is 1. The maximum atomic E-state index is 11.8. The SMILES string of the molecule is CCCCCCCCCCCCCCCCCCOC(=O)/C(CC)=C(\C)N. The summed E-state index contributed by atoms with van der Waals surface area (Å²) in [4.78, 5) is 11.8. The fraction of sp³-hybridized carbons (Fsp3) is 0.875. The van der Waals surface area contributed by atoms with Gasteiger partial charge in [0, 0.05) is 5.70 Å². The zero-order valence-electron chi connectivity index (χ0n) is 18.6. The summed E-state index contributed by atoms with van der Waals surface area (Å²) in [5.74, 6) is -0.238. The van der Waals surface area contributed by atoms with Gasteiger partial charge in [-0.25, -0.2) is 4.79 Å². The highest BCUT2D eigenvalue weighted by Crippen LogP contribution is 2.14. The van der Waals surface area contributed by atoms with Crippen molar-refractivity contribution in [1.82, 2.24) is 0 Å². The Morgan fingerprint density at radius 2 is 1.04 bits per heavy atom.